The monoisotopic (exact) mass is 270 g/mol. The van der Waals surface area contributed by atoms with Crippen LogP contribution in [0.15, 0.2) is 34.7 Å². The second-order valence-electron chi connectivity index (χ2n) is 4.80. The average Bonchev–Trinajstić information content (AvgIpc) is 2.91. The molecule has 0 saturated heterocycles. The van der Waals surface area contributed by atoms with E-state index in [2.05, 4.69) is 5.10 Å². The molecule has 0 bridgehead atoms. The van der Waals surface area contributed by atoms with Crippen molar-refractivity contribution in [2.45, 2.75) is 20.4 Å². The van der Waals surface area contributed by atoms with Crippen LogP contribution < -0.4 is 0 Å². The third-order valence-electron chi connectivity index (χ3n) is 3.30. The minimum Gasteiger partial charge on any atom is -0.475 e. The molecule has 5 heteroatoms. The van der Waals surface area contributed by atoms with E-state index < -0.39 is 5.97 Å². The van der Waals surface area contributed by atoms with E-state index in [0.717, 1.165) is 16.8 Å². The molecule has 1 aromatic carbocycles. The summed E-state index contributed by atoms with van der Waals surface area (Å²) in [4.78, 5) is 11.3. The maximum absolute atomic E-state index is 11.3. The van der Waals surface area contributed by atoms with E-state index >= 15 is 0 Å². The molecule has 0 spiro atoms. The van der Waals surface area contributed by atoms with Crippen LogP contribution in [0.5, 0.6) is 0 Å². The van der Waals surface area contributed by atoms with Crippen LogP contribution in [0.1, 0.15) is 27.5 Å². The number of rotatable bonds is 3. The van der Waals surface area contributed by atoms with Gasteiger partial charge in [0, 0.05) is 16.6 Å². The van der Waals surface area contributed by atoms with Gasteiger partial charge in [-0.25, -0.2) is 4.79 Å². The van der Waals surface area contributed by atoms with Crippen molar-refractivity contribution in [2.75, 3.05) is 0 Å². The number of aromatic carboxylic acids is 1. The van der Waals surface area contributed by atoms with Crippen molar-refractivity contribution in [1.82, 2.24) is 9.78 Å². The van der Waals surface area contributed by atoms with Gasteiger partial charge in [-0.3, -0.25) is 4.68 Å². The number of hydrogen-bond acceptors (Lipinski definition) is 3. The number of carboxylic acids is 1. The molecule has 0 fully saturated rings. The first-order valence-corrected chi connectivity index (χ1v) is 6.31. The summed E-state index contributed by atoms with van der Waals surface area (Å²) in [6.45, 7) is 4.25. The molecule has 0 radical (unpaired) electrons. The summed E-state index contributed by atoms with van der Waals surface area (Å²) in [6.07, 6.45) is 0. The van der Waals surface area contributed by atoms with Crippen molar-refractivity contribution < 1.29 is 14.3 Å². The van der Waals surface area contributed by atoms with Crippen molar-refractivity contribution in [2.24, 2.45) is 0 Å². The molecule has 102 valence electrons. The molecule has 1 N–H and O–H groups in total. The summed E-state index contributed by atoms with van der Waals surface area (Å²) >= 11 is 0. The van der Waals surface area contributed by atoms with E-state index in [1.54, 1.807) is 10.7 Å². The van der Waals surface area contributed by atoms with Gasteiger partial charge in [0.2, 0.25) is 5.76 Å². The number of fused-ring (bicyclic) bond motifs is 1. The standard InChI is InChI=1S/C15H14N2O3/c1-9-7-10(2)17(16-9)8-12-11-5-3-4-6-13(11)20-14(12)15(18)19/h3-7H,8H2,1-2H3,(H,18,19). The molecule has 2 aromatic heterocycles. The van der Waals surface area contributed by atoms with Crippen molar-refractivity contribution >= 4 is 16.9 Å². The third-order valence-corrected chi connectivity index (χ3v) is 3.30. The Balaban J connectivity index is 2.16. The zero-order chi connectivity index (χ0) is 14.3. The Kier molecular flexibility index (Phi) is 2.82. The number of carbonyl (C=O) groups is 1. The van der Waals surface area contributed by atoms with Crippen molar-refractivity contribution in [3.8, 4) is 0 Å². The Bertz CT molecular complexity index is 799. The van der Waals surface area contributed by atoms with Gasteiger partial charge in [0.05, 0.1) is 12.2 Å². The molecule has 0 amide bonds. The summed E-state index contributed by atoms with van der Waals surface area (Å²) in [5, 5.41) is 14.5. The zero-order valence-corrected chi connectivity index (χ0v) is 11.3. The molecule has 0 aliphatic heterocycles. The largest absolute Gasteiger partial charge is 0.475 e. The number of carboxylic acid groups (broad SMARTS) is 1. The third kappa shape index (κ3) is 1.97. The second-order valence-corrected chi connectivity index (χ2v) is 4.80. The Hall–Kier alpha value is -2.56. The lowest BCUT2D eigenvalue weighted by Crippen LogP contribution is -2.07. The van der Waals surface area contributed by atoms with Gasteiger partial charge < -0.3 is 9.52 Å². The van der Waals surface area contributed by atoms with E-state index in [1.807, 2.05) is 38.1 Å². The molecule has 0 aliphatic rings. The van der Waals surface area contributed by atoms with Gasteiger partial charge >= 0.3 is 5.97 Å². The molecular weight excluding hydrogens is 256 g/mol. The van der Waals surface area contributed by atoms with E-state index in [4.69, 9.17) is 4.42 Å². The number of hydrogen-bond donors (Lipinski definition) is 1. The van der Waals surface area contributed by atoms with E-state index in [-0.39, 0.29) is 5.76 Å². The number of furan rings is 1. The molecular formula is C15H14N2O3. The minimum absolute atomic E-state index is 0.0150. The topological polar surface area (TPSA) is 68.3 Å². The van der Waals surface area contributed by atoms with Gasteiger partial charge in [0.25, 0.3) is 0 Å². The summed E-state index contributed by atoms with van der Waals surface area (Å²) in [5.74, 6) is -1.07. The first-order chi connectivity index (χ1) is 9.56. The van der Waals surface area contributed by atoms with Crippen LogP contribution in [0.3, 0.4) is 0 Å². The highest BCUT2D eigenvalue weighted by molar-refractivity contribution is 5.95. The van der Waals surface area contributed by atoms with Crippen LogP contribution in [0, 0.1) is 13.8 Å². The smallest absolute Gasteiger partial charge is 0.372 e. The average molecular weight is 270 g/mol. The molecule has 0 saturated carbocycles. The van der Waals surface area contributed by atoms with Gasteiger partial charge in [-0.15, -0.1) is 0 Å². The molecule has 3 rings (SSSR count). The second kappa shape index (κ2) is 4.52. The van der Waals surface area contributed by atoms with Crippen LogP contribution in [0.4, 0.5) is 0 Å². The number of benzene rings is 1. The summed E-state index contributed by atoms with van der Waals surface area (Å²) < 4.78 is 7.23. The molecule has 3 aromatic rings. The predicted octanol–water partition coefficient (Wildman–Crippen LogP) is 2.99. The molecule has 2 heterocycles. The highest BCUT2D eigenvalue weighted by Crippen LogP contribution is 2.27. The quantitative estimate of drug-likeness (QED) is 0.794. The van der Waals surface area contributed by atoms with Gasteiger partial charge in [0.1, 0.15) is 5.58 Å². The summed E-state index contributed by atoms with van der Waals surface area (Å²) in [7, 11) is 0. The van der Waals surface area contributed by atoms with Crippen LogP contribution >= 0.6 is 0 Å². The van der Waals surface area contributed by atoms with Crippen LogP contribution in [-0.2, 0) is 6.54 Å². The van der Waals surface area contributed by atoms with Crippen LogP contribution in [0.2, 0.25) is 0 Å². The fourth-order valence-corrected chi connectivity index (χ4v) is 2.41. The highest BCUT2D eigenvalue weighted by Gasteiger charge is 2.20. The van der Waals surface area contributed by atoms with Gasteiger partial charge in [-0.05, 0) is 26.0 Å². The molecule has 5 nitrogen and oxygen atoms in total. The van der Waals surface area contributed by atoms with Crippen molar-refractivity contribution in [1.29, 1.82) is 0 Å². The Morgan fingerprint density at radius 2 is 2.10 bits per heavy atom. The lowest BCUT2D eigenvalue weighted by atomic mass is 10.1. The van der Waals surface area contributed by atoms with E-state index in [9.17, 15) is 9.90 Å². The predicted molar refractivity (Wildman–Crippen MR) is 74.0 cm³/mol. The fourth-order valence-electron chi connectivity index (χ4n) is 2.41. The molecule has 20 heavy (non-hydrogen) atoms. The lowest BCUT2D eigenvalue weighted by molar-refractivity contribution is 0.0663. The minimum atomic E-state index is -1.06. The SMILES string of the molecule is Cc1cc(C)n(Cc2c(C(=O)O)oc3ccccc23)n1. The lowest BCUT2D eigenvalue weighted by Gasteiger charge is -2.04. The van der Waals surface area contributed by atoms with Gasteiger partial charge in [-0.2, -0.15) is 5.10 Å². The van der Waals surface area contributed by atoms with Gasteiger partial charge in [-0.1, -0.05) is 18.2 Å². The van der Waals surface area contributed by atoms with Crippen molar-refractivity contribution in [3.63, 3.8) is 0 Å². The van der Waals surface area contributed by atoms with E-state index in [0.29, 0.717) is 17.7 Å². The number of para-hydroxylation sites is 1. The number of nitrogens with zero attached hydrogens (tertiary/aromatic N) is 2. The zero-order valence-electron chi connectivity index (χ0n) is 11.3. The highest BCUT2D eigenvalue weighted by atomic mass is 16.4. The molecule has 0 unspecified atom stereocenters. The maximum atomic E-state index is 11.3. The molecule has 0 aliphatic carbocycles. The van der Waals surface area contributed by atoms with Crippen molar-refractivity contribution in [3.05, 3.63) is 53.0 Å². The first-order valence-electron chi connectivity index (χ1n) is 6.31. The summed E-state index contributed by atoms with van der Waals surface area (Å²) in [6, 6.07) is 9.29. The Morgan fingerprint density at radius 3 is 2.75 bits per heavy atom. The first kappa shape index (κ1) is 12.5. The van der Waals surface area contributed by atoms with E-state index in [1.165, 1.54) is 0 Å². The Labute approximate surface area is 115 Å². The maximum Gasteiger partial charge on any atom is 0.372 e. The van der Waals surface area contributed by atoms with Crippen LogP contribution in [-0.4, -0.2) is 20.9 Å². The Morgan fingerprint density at radius 1 is 1.35 bits per heavy atom. The number of aryl methyl sites for hydroxylation is 2. The number of aromatic nitrogens is 2. The van der Waals surface area contributed by atoms with Gasteiger partial charge in [0.15, 0.2) is 0 Å². The normalized spacial score (nSPS) is 11.1. The molecule has 0 atom stereocenters. The fraction of sp³-hybridized carbons (Fsp3) is 0.200. The van der Waals surface area contributed by atoms with Crippen LogP contribution in [0.25, 0.3) is 11.0 Å². The summed E-state index contributed by atoms with van der Waals surface area (Å²) in [5.41, 5.74) is 3.14.